The Morgan fingerprint density at radius 3 is 1.38 bits per heavy atom. The molecule has 0 saturated heterocycles. The van der Waals surface area contributed by atoms with Gasteiger partial charge < -0.3 is 0 Å². The van der Waals surface area contributed by atoms with Crippen LogP contribution in [0.1, 0.15) is 110 Å². The van der Waals surface area contributed by atoms with Crippen LogP contribution in [0.4, 0.5) is 0 Å². The highest BCUT2D eigenvalue weighted by molar-refractivity contribution is 8.13. The zero-order chi connectivity index (χ0) is 15.6. The summed E-state index contributed by atoms with van der Waals surface area (Å²) in [4.78, 5) is 11.1. The second-order valence-electron chi connectivity index (χ2n) is 6.17. The van der Waals surface area contributed by atoms with E-state index in [1.54, 1.807) is 0 Å². The summed E-state index contributed by atoms with van der Waals surface area (Å²) in [7, 11) is 0. The molecule has 0 aliphatic rings. The molecule has 0 unspecified atom stereocenters. The lowest BCUT2D eigenvalue weighted by molar-refractivity contribution is -0.110. The van der Waals surface area contributed by atoms with Crippen LogP contribution >= 0.6 is 11.8 Å². The minimum absolute atomic E-state index is 0.352. The lowest BCUT2D eigenvalue weighted by Crippen LogP contribution is -1.90. The third-order valence-corrected chi connectivity index (χ3v) is 5.15. The zero-order valence-corrected chi connectivity index (χ0v) is 15.4. The fraction of sp³-hybridized carbons (Fsp3) is 0.947. The molecule has 0 aliphatic heterocycles. The molecule has 0 aliphatic carbocycles. The van der Waals surface area contributed by atoms with Gasteiger partial charge in [0, 0.05) is 12.2 Å². The van der Waals surface area contributed by atoms with Crippen LogP contribution in [0.25, 0.3) is 0 Å². The molecule has 0 saturated carbocycles. The predicted octanol–water partition coefficient (Wildman–Crippen LogP) is 7.14. The van der Waals surface area contributed by atoms with Crippen molar-refractivity contribution < 1.29 is 4.79 Å². The second kappa shape index (κ2) is 18.1. The number of thioether (sulfide) groups is 1. The molecule has 21 heavy (non-hydrogen) atoms. The average Bonchev–Trinajstić information content (AvgIpc) is 2.50. The molecular weight excluding hydrogens is 276 g/mol. The lowest BCUT2D eigenvalue weighted by atomic mass is 10.0. The molecule has 0 bridgehead atoms. The van der Waals surface area contributed by atoms with Crippen molar-refractivity contribution in [1.82, 2.24) is 0 Å². The van der Waals surface area contributed by atoms with Gasteiger partial charge in [-0.3, -0.25) is 4.79 Å². The number of rotatable bonds is 16. The molecule has 0 fully saturated rings. The van der Waals surface area contributed by atoms with E-state index in [2.05, 4.69) is 6.92 Å². The van der Waals surface area contributed by atoms with Gasteiger partial charge in [0.25, 0.3) is 0 Å². The molecule has 0 spiro atoms. The van der Waals surface area contributed by atoms with Gasteiger partial charge in [-0.2, -0.15) is 0 Å². The molecule has 0 amide bonds. The van der Waals surface area contributed by atoms with E-state index in [9.17, 15) is 4.79 Å². The normalized spacial score (nSPS) is 11.0. The number of carbonyl (C=O) groups is 1. The van der Waals surface area contributed by atoms with Gasteiger partial charge in [-0.25, -0.2) is 0 Å². The Labute approximate surface area is 138 Å². The van der Waals surface area contributed by atoms with Crippen molar-refractivity contribution in [3.8, 4) is 0 Å². The van der Waals surface area contributed by atoms with Crippen LogP contribution in [0.15, 0.2) is 0 Å². The molecule has 1 nitrogen and oxygen atoms in total. The molecule has 0 aromatic heterocycles. The monoisotopic (exact) mass is 314 g/mol. The van der Waals surface area contributed by atoms with Crippen molar-refractivity contribution in [1.29, 1.82) is 0 Å². The van der Waals surface area contributed by atoms with Crippen molar-refractivity contribution in [3.05, 3.63) is 0 Å². The number of unbranched alkanes of at least 4 members (excludes halogenated alkanes) is 13. The van der Waals surface area contributed by atoms with Crippen LogP contribution in [0.3, 0.4) is 0 Å². The Morgan fingerprint density at radius 2 is 1.00 bits per heavy atom. The van der Waals surface area contributed by atoms with Crippen molar-refractivity contribution in [2.75, 3.05) is 5.75 Å². The maximum absolute atomic E-state index is 11.1. The van der Waals surface area contributed by atoms with Crippen molar-refractivity contribution >= 4 is 16.9 Å². The van der Waals surface area contributed by atoms with Gasteiger partial charge in [0.05, 0.1) is 0 Å². The minimum atomic E-state index is 0.352. The minimum Gasteiger partial charge on any atom is -0.287 e. The maximum Gasteiger partial charge on any atom is 0.188 e. The van der Waals surface area contributed by atoms with E-state index >= 15 is 0 Å². The third-order valence-electron chi connectivity index (χ3n) is 4.05. The summed E-state index contributed by atoms with van der Waals surface area (Å²) >= 11 is 1.52. The lowest BCUT2D eigenvalue weighted by Gasteiger charge is -2.03. The Hall–Kier alpha value is 0.0200. The Bertz CT molecular complexity index is 216. The highest BCUT2D eigenvalue weighted by Crippen LogP contribution is 2.14. The van der Waals surface area contributed by atoms with Gasteiger partial charge in [0.2, 0.25) is 0 Å². The topological polar surface area (TPSA) is 17.1 Å². The summed E-state index contributed by atoms with van der Waals surface area (Å²) < 4.78 is 0. The molecule has 0 N–H and O–H groups in total. The van der Waals surface area contributed by atoms with Gasteiger partial charge in [0.15, 0.2) is 5.12 Å². The first-order valence-corrected chi connectivity index (χ1v) is 10.5. The van der Waals surface area contributed by atoms with Crippen LogP contribution in [-0.2, 0) is 4.79 Å². The van der Waals surface area contributed by atoms with E-state index in [1.165, 1.54) is 102 Å². The Morgan fingerprint density at radius 1 is 0.619 bits per heavy atom. The van der Waals surface area contributed by atoms with E-state index in [-0.39, 0.29) is 0 Å². The van der Waals surface area contributed by atoms with E-state index in [4.69, 9.17) is 0 Å². The quantitative estimate of drug-likeness (QED) is 0.282. The first-order chi connectivity index (χ1) is 10.3. The fourth-order valence-corrected chi connectivity index (χ4v) is 3.36. The summed E-state index contributed by atoms with van der Waals surface area (Å²) in [5, 5.41) is 0.352. The highest BCUT2D eigenvalue weighted by Gasteiger charge is 1.98. The molecule has 0 heterocycles. The van der Waals surface area contributed by atoms with E-state index in [0.717, 1.165) is 5.75 Å². The van der Waals surface area contributed by atoms with Gasteiger partial charge in [-0.1, -0.05) is 109 Å². The Kier molecular flexibility index (Phi) is 18.1. The smallest absolute Gasteiger partial charge is 0.188 e. The van der Waals surface area contributed by atoms with Crippen LogP contribution in [0.5, 0.6) is 0 Å². The van der Waals surface area contributed by atoms with Crippen LogP contribution in [-0.4, -0.2) is 10.9 Å². The second-order valence-corrected chi connectivity index (χ2v) is 7.32. The fourth-order valence-electron chi connectivity index (χ4n) is 2.58. The zero-order valence-electron chi connectivity index (χ0n) is 14.6. The summed E-state index contributed by atoms with van der Waals surface area (Å²) in [6, 6.07) is 0. The molecule has 0 aromatic carbocycles. The molecule has 0 rings (SSSR count). The van der Waals surface area contributed by atoms with Gasteiger partial charge in [-0.15, -0.1) is 0 Å². The number of carbonyl (C=O) groups excluding carboxylic acids is 1. The molecular formula is C19H38OS. The molecule has 126 valence electrons. The summed E-state index contributed by atoms with van der Waals surface area (Å²) in [6.07, 6.45) is 20.3. The van der Waals surface area contributed by atoms with Crippen LogP contribution < -0.4 is 0 Å². The van der Waals surface area contributed by atoms with E-state index < -0.39 is 0 Å². The number of hydrogen-bond donors (Lipinski definition) is 0. The molecule has 0 aromatic rings. The standard InChI is InChI=1S/C19H38OS/c1-3-5-6-7-8-9-10-11-12-13-14-15-16-17-18-21-19(20)4-2/h3-18H2,1-2H3. The highest BCUT2D eigenvalue weighted by atomic mass is 32.2. The van der Waals surface area contributed by atoms with Crippen molar-refractivity contribution in [2.45, 2.75) is 110 Å². The SMILES string of the molecule is CCCCCCCCCCCCCCCCSC(=O)CC. The van der Waals surface area contributed by atoms with Gasteiger partial charge in [0.1, 0.15) is 0 Å². The van der Waals surface area contributed by atoms with Gasteiger partial charge >= 0.3 is 0 Å². The maximum atomic E-state index is 11.1. The molecule has 2 heteroatoms. The summed E-state index contributed by atoms with van der Waals surface area (Å²) in [5.74, 6) is 1.03. The summed E-state index contributed by atoms with van der Waals surface area (Å²) in [6.45, 7) is 4.23. The predicted molar refractivity (Wildman–Crippen MR) is 98.1 cm³/mol. The van der Waals surface area contributed by atoms with Crippen LogP contribution in [0.2, 0.25) is 0 Å². The first-order valence-electron chi connectivity index (χ1n) is 9.46. The van der Waals surface area contributed by atoms with E-state index in [1.807, 2.05) is 6.92 Å². The van der Waals surface area contributed by atoms with Gasteiger partial charge in [-0.05, 0) is 6.42 Å². The molecule has 0 atom stereocenters. The molecule has 0 radical (unpaired) electrons. The van der Waals surface area contributed by atoms with Crippen molar-refractivity contribution in [2.24, 2.45) is 0 Å². The number of hydrogen-bond acceptors (Lipinski definition) is 2. The summed E-state index contributed by atoms with van der Waals surface area (Å²) in [5.41, 5.74) is 0. The largest absolute Gasteiger partial charge is 0.287 e. The van der Waals surface area contributed by atoms with Crippen molar-refractivity contribution in [3.63, 3.8) is 0 Å². The first kappa shape index (κ1) is 21.0. The van der Waals surface area contributed by atoms with E-state index in [0.29, 0.717) is 11.5 Å². The van der Waals surface area contributed by atoms with Crippen LogP contribution in [0, 0.1) is 0 Å². The Balaban J connectivity index is 2.98. The average molecular weight is 315 g/mol. The third kappa shape index (κ3) is 18.0.